The van der Waals surface area contributed by atoms with E-state index in [1.807, 2.05) is 110 Å². The Balaban J connectivity index is 1.04. The van der Waals surface area contributed by atoms with Crippen LogP contribution in [0.1, 0.15) is 81.1 Å². The van der Waals surface area contributed by atoms with Crippen molar-refractivity contribution in [1.82, 2.24) is 4.90 Å². The largest absolute Gasteiger partial charge is 0.492 e. The predicted molar refractivity (Wildman–Crippen MR) is 249 cm³/mol. The highest BCUT2D eigenvalue weighted by atomic mass is 16.5. The fraction of sp³-hybridized carbons (Fsp3) is 0.107. The van der Waals surface area contributed by atoms with Gasteiger partial charge >= 0.3 is 0 Å². The number of benzene rings is 8. The van der Waals surface area contributed by atoms with Crippen molar-refractivity contribution in [2.75, 3.05) is 25.2 Å². The second-order valence-corrected chi connectivity index (χ2v) is 16.2. The van der Waals surface area contributed by atoms with Gasteiger partial charge in [-0.1, -0.05) is 140 Å². The minimum absolute atomic E-state index is 0.00541. The molecule has 8 nitrogen and oxygen atoms in total. The van der Waals surface area contributed by atoms with Crippen LogP contribution in [-0.2, 0) is 0 Å². The first kappa shape index (κ1) is 40.0. The molecule has 10 rings (SSSR count). The Morgan fingerprint density at radius 2 is 0.781 bits per heavy atom. The lowest BCUT2D eigenvalue weighted by molar-refractivity contribution is 0.0649. The topological polar surface area (TPSA) is 93.2 Å². The Hall–Kier alpha value is -8.10. The van der Waals surface area contributed by atoms with Crippen LogP contribution in [0, 0.1) is 6.92 Å². The first-order valence-electron chi connectivity index (χ1n) is 21.3. The van der Waals surface area contributed by atoms with Crippen LogP contribution in [-0.4, -0.2) is 48.8 Å². The van der Waals surface area contributed by atoms with E-state index in [1.54, 1.807) is 30.3 Å². The number of carbonyl (C=O) groups excluding carboxylic acids is 4. The molecule has 4 amide bonds. The first-order valence-corrected chi connectivity index (χ1v) is 21.3. The van der Waals surface area contributed by atoms with Gasteiger partial charge in [-0.2, -0.15) is 0 Å². The van der Waals surface area contributed by atoms with Crippen LogP contribution in [0.25, 0.3) is 21.9 Å². The second kappa shape index (κ2) is 16.6. The van der Waals surface area contributed by atoms with Gasteiger partial charge in [0.2, 0.25) is 0 Å². The monoisotopic (exact) mass is 838 g/mol. The third-order valence-corrected chi connectivity index (χ3v) is 12.4. The molecule has 8 aromatic rings. The third-order valence-electron chi connectivity index (χ3n) is 12.4. The number of hydrogen-bond donors (Lipinski definition) is 0. The van der Waals surface area contributed by atoms with Gasteiger partial charge < -0.3 is 9.47 Å². The molecule has 0 atom stereocenters. The van der Waals surface area contributed by atoms with Gasteiger partial charge in [0.15, 0.2) is 0 Å². The Labute approximate surface area is 370 Å². The van der Waals surface area contributed by atoms with E-state index in [9.17, 15) is 19.2 Å². The number of aryl methyl sites for hydroxylation is 1. The van der Waals surface area contributed by atoms with Crippen molar-refractivity contribution in [3.63, 3.8) is 0 Å². The second-order valence-electron chi connectivity index (χ2n) is 16.2. The molecule has 64 heavy (non-hydrogen) atoms. The summed E-state index contributed by atoms with van der Waals surface area (Å²) in [5.41, 5.74) is 8.26. The molecule has 0 aliphatic carbocycles. The average molecular weight is 839 g/mol. The maximum absolute atomic E-state index is 14.7. The summed E-state index contributed by atoms with van der Waals surface area (Å²) in [6.07, 6.45) is 0. The van der Waals surface area contributed by atoms with Gasteiger partial charge in [0.05, 0.1) is 18.9 Å². The summed E-state index contributed by atoms with van der Waals surface area (Å²) in [6.45, 7) is 2.64. The van der Waals surface area contributed by atoms with Gasteiger partial charge in [0.25, 0.3) is 23.6 Å². The normalized spacial score (nSPS) is 13.3. The molecule has 0 aromatic heterocycles. The molecule has 2 heterocycles. The number of carbonyl (C=O) groups is 4. The van der Waals surface area contributed by atoms with E-state index >= 15 is 0 Å². The van der Waals surface area contributed by atoms with Crippen molar-refractivity contribution in [2.24, 2.45) is 0 Å². The zero-order chi connectivity index (χ0) is 43.9. The van der Waals surface area contributed by atoms with Crippen molar-refractivity contribution in [3.8, 4) is 22.6 Å². The summed E-state index contributed by atoms with van der Waals surface area (Å²) in [7, 11) is 1.42. The molecule has 0 bridgehead atoms. The van der Waals surface area contributed by atoms with Crippen molar-refractivity contribution in [2.45, 2.75) is 18.8 Å². The number of rotatable bonds is 12. The van der Waals surface area contributed by atoms with Gasteiger partial charge in [0.1, 0.15) is 11.5 Å². The third kappa shape index (κ3) is 7.09. The number of hydrogen-bond acceptors (Lipinski definition) is 6. The average Bonchev–Trinajstić information content (AvgIpc) is 3.34. The molecule has 2 aliphatic heterocycles. The van der Waals surface area contributed by atoms with Crippen LogP contribution < -0.4 is 14.4 Å². The van der Waals surface area contributed by atoms with Gasteiger partial charge in [-0.3, -0.25) is 24.1 Å². The molecule has 8 aromatic carbocycles. The maximum atomic E-state index is 14.7. The number of ether oxygens (including phenoxy) is 2. The summed E-state index contributed by atoms with van der Waals surface area (Å²) < 4.78 is 13.5. The zero-order valence-electron chi connectivity index (χ0n) is 35.2. The van der Waals surface area contributed by atoms with E-state index in [0.29, 0.717) is 23.1 Å². The molecule has 0 spiro atoms. The lowest BCUT2D eigenvalue weighted by atomic mass is 9.86. The van der Waals surface area contributed by atoms with Gasteiger partial charge in [-0.25, -0.2) is 4.90 Å². The van der Waals surface area contributed by atoms with E-state index in [0.717, 1.165) is 54.5 Å². The summed E-state index contributed by atoms with van der Waals surface area (Å²) in [4.78, 5) is 58.1. The molecule has 0 N–H and O–H groups in total. The quantitative estimate of drug-likeness (QED) is 0.114. The van der Waals surface area contributed by atoms with Crippen LogP contribution in [0.3, 0.4) is 0 Å². The van der Waals surface area contributed by atoms with Crippen LogP contribution in [0.15, 0.2) is 182 Å². The highest BCUT2D eigenvalue weighted by Gasteiger charge is 2.40. The molecule has 0 unspecified atom stereocenters. The van der Waals surface area contributed by atoms with E-state index in [4.69, 9.17) is 9.47 Å². The van der Waals surface area contributed by atoms with Crippen molar-refractivity contribution >= 4 is 40.1 Å². The minimum atomic E-state index is -0.585. The Bertz CT molecular complexity index is 2970. The number of amides is 4. The lowest BCUT2D eigenvalue weighted by Crippen LogP contribution is -2.42. The smallest absolute Gasteiger partial charge is 0.266 e. The Morgan fingerprint density at radius 3 is 1.20 bits per heavy atom. The molecule has 0 fully saturated rings. The molecular weight excluding hydrogens is 797 g/mol. The predicted octanol–water partition coefficient (Wildman–Crippen LogP) is 11.3. The van der Waals surface area contributed by atoms with E-state index < -0.39 is 23.6 Å². The van der Waals surface area contributed by atoms with Crippen LogP contribution in [0.4, 0.5) is 5.69 Å². The Morgan fingerprint density at radius 1 is 0.422 bits per heavy atom. The van der Waals surface area contributed by atoms with Gasteiger partial charge in [-0.15, -0.1) is 0 Å². The maximum Gasteiger partial charge on any atom is 0.266 e. The van der Waals surface area contributed by atoms with Gasteiger partial charge in [0, 0.05) is 51.9 Å². The number of anilines is 1. The Kier molecular flexibility index (Phi) is 10.4. The van der Waals surface area contributed by atoms with E-state index in [2.05, 4.69) is 48.5 Å². The molecule has 2 aliphatic rings. The lowest BCUT2D eigenvalue weighted by Gasteiger charge is -2.31. The number of imide groups is 2. The minimum Gasteiger partial charge on any atom is -0.492 e. The molecule has 8 heteroatoms. The zero-order valence-corrected chi connectivity index (χ0v) is 35.2. The highest BCUT2D eigenvalue weighted by molar-refractivity contribution is 6.39. The molecular formula is C56H42N2O6. The first-order chi connectivity index (χ1) is 31.3. The van der Waals surface area contributed by atoms with Crippen molar-refractivity contribution in [1.29, 1.82) is 0 Å². The molecule has 312 valence electrons. The summed E-state index contributed by atoms with van der Waals surface area (Å²) in [5, 5.41) is 0.624. The molecule has 0 saturated carbocycles. The SMILES string of the molecule is Cc1ccc(-c2ccc(N3C(=O)c4ccc5c6c(ccc(c46)C3=O)C(=O)N(C)C5=O)c(OCC(c3ccccc3)c3ccccc3)c2)cc1OCC(c1ccccc1)c1ccccc1. The number of nitrogens with zero attached hydrogens (tertiary/aromatic N) is 2. The van der Waals surface area contributed by atoms with Crippen LogP contribution in [0.2, 0.25) is 0 Å². The van der Waals surface area contributed by atoms with Crippen molar-refractivity contribution < 1.29 is 28.7 Å². The fourth-order valence-electron chi connectivity index (χ4n) is 9.00. The fourth-order valence-corrected chi connectivity index (χ4v) is 9.00. The highest BCUT2D eigenvalue weighted by Crippen LogP contribution is 2.43. The summed E-state index contributed by atoms with van der Waals surface area (Å²) in [5.74, 6) is -1.26. The summed E-state index contributed by atoms with van der Waals surface area (Å²) >= 11 is 0. The van der Waals surface area contributed by atoms with E-state index in [1.165, 1.54) is 7.05 Å². The van der Waals surface area contributed by atoms with E-state index in [-0.39, 0.29) is 46.4 Å². The molecule has 0 radical (unpaired) electrons. The van der Waals surface area contributed by atoms with Gasteiger partial charge in [-0.05, 0) is 88.3 Å². The standard InChI is InChI=1S/C56H42N2O6/c1-35-23-24-40(31-49(35)63-33-46(36-15-7-3-8-16-36)37-17-9-4-10-18-37)41-25-30-48(50(32-41)64-34-47(38-19-11-5-12-20-38)39-21-13-6-14-22-39)58-55(61)44-28-26-42-51-43(54(60)57(2)53(42)59)27-29-45(52(44)51)56(58)62/h3-32,46-47H,33-34H2,1-2H3. The molecule has 0 saturated heterocycles. The van der Waals surface area contributed by atoms with Crippen LogP contribution in [0.5, 0.6) is 11.5 Å². The van der Waals surface area contributed by atoms with Crippen molar-refractivity contribution in [3.05, 3.63) is 232 Å². The van der Waals surface area contributed by atoms with Crippen LogP contribution >= 0.6 is 0 Å². The summed E-state index contributed by atoms with van der Waals surface area (Å²) in [6, 6.07) is 58.7.